The first-order valence-corrected chi connectivity index (χ1v) is 6.95. The Morgan fingerprint density at radius 3 is 2.65 bits per heavy atom. The highest BCUT2D eigenvalue weighted by Crippen LogP contribution is 2.28. The summed E-state index contributed by atoms with van der Waals surface area (Å²) in [6.45, 7) is 5.39. The molecule has 17 heavy (non-hydrogen) atoms. The fourth-order valence-corrected chi connectivity index (χ4v) is 2.72. The monoisotopic (exact) mass is 242 g/mol. The van der Waals surface area contributed by atoms with E-state index in [-0.39, 0.29) is 5.41 Å². The number of ether oxygens (including phenoxy) is 2. The van der Waals surface area contributed by atoms with Gasteiger partial charge in [-0.3, -0.25) is 0 Å². The van der Waals surface area contributed by atoms with Gasteiger partial charge in [-0.15, -0.1) is 0 Å². The standard InChI is InChI=1S/C13H26N2O2/c14-10-13(4-7-16-8-5-13)11-15-9-12-3-1-2-6-17-12/h12,15H,1-11,14H2. The first kappa shape index (κ1) is 13.3. The van der Waals surface area contributed by atoms with Crippen LogP contribution >= 0.6 is 0 Å². The molecule has 0 spiro atoms. The number of nitrogens with two attached hydrogens (primary N) is 1. The molecule has 2 saturated heterocycles. The molecule has 3 N–H and O–H groups in total. The van der Waals surface area contributed by atoms with Gasteiger partial charge in [0.15, 0.2) is 0 Å². The lowest BCUT2D eigenvalue weighted by Gasteiger charge is -2.37. The minimum atomic E-state index is 0.257. The van der Waals surface area contributed by atoms with E-state index in [1.165, 1.54) is 19.3 Å². The molecule has 2 fully saturated rings. The van der Waals surface area contributed by atoms with E-state index in [2.05, 4.69) is 5.32 Å². The predicted molar refractivity (Wildman–Crippen MR) is 68.0 cm³/mol. The molecule has 4 heteroatoms. The molecule has 4 nitrogen and oxygen atoms in total. The summed E-state index contributed by atoms with van der Waals surface area (Å²) in [6.07, 6.45) is 6.32. The van der Waals surface area contributed by atoms with Gasteiger partial charge >= 0.3 is 0 Å². The van der Waals surface area contributed by atoms with Crippen LogP contribution in [-0.2, 0) is 9.47 Å². The van der Waals surface area contributed by atoms with Crippen molar-refractivity contribution >= 4 is 0 Å². The molecular formula is C13H26N2O2. The minimum Gasteiger partial charge on any atom is -0.381 e. The average molecular weight is 242 g/mol. The van der Waals surface area contributed by atoms with E-state index in [1.807, 2.05) is 0 Å². The second-order valence-corrected chi connectivity index (χ2v) is 5.44. The van der Waals surface area contributed by atoms with Gasteiger partial charge in [-0.25, -0.2) is 0 Å². The van der Waals surface area contributed by atoms with E-state index < -0.39 is 0 Å². The SMILES string of the molecule is NCC1(CNCC2CCCCO2)CCOCC1. The zero-order chi connectivity index (χ0) is 12.0. The lowest BCUT2D eigenvalue weighted by atomic mass is 9.80. The van der Waals surface area contributed by atoms with Crippen LogP contribution in [0.2, 0.25) is 0 Å². The van der Waals surface area contributed by atoms with Crippen molar-refractivity contribution in [2.45, 2.75) is 38.2 Å². The summed E-state index contributed by atoms with van der Waals surface area (Å²) in [7, 11) is 0. The van der Waals surface area contributed by atoms with Crippen molar-refractivity contribution < 1.29 is 9.47 Å². The van der Waals surface area contributed by atoms with Gasteiger partial charge in [0.25, 0.3) is 0 Å². The zero-order valence-electron chi connectivity index (χ0n) is 10.7. The summed E-state index contributed by atoms with van der Waals surface area (Å²) >= 11 is 0. The van der Waals surface area contributed by atoms with Crippen LogP contribution in [0.5, 0.6) is 0 Å². The van der Waals surface area contributed by atoms with E-state index in [0.29, 0.717) is 6.10 Å². The lowest BCUT2D eigenvalue weighted by Crippen LogP contribution is -2.46. The molecule has 0 bridgehead atoms. The molecule has 1 unspecified atom stereocenters. The maximum Gasteiger partial charge on any atom is 0.0699 e. The van der Waals surface area contributed by atoms with Crippen LogP contribution in [0, 0.1) is 5.41 Å². The van der Waals surface area contributed by atoms with Crippen molar-refractivity contribution in [1.29, 1.82) is 0 Å². The lowest BCUT2D eigenvalue weighted by molar-refractivity contribution is 0.00362. The smallest absolute Gasteiger partial charge is 0.0699 e. The quantitative estimate of drug-likeness (QED) is 0.752. The first-order chi connectivity index (χ1) is 8.35. The molecule has 2 aliphatic heterocycles. The minimum absolute atomic E-state index is 0.257. The Morgan fingerprint density at radius 2 is 2.00 bits per heavy atom. The normalized spacial score (nSPS) is 29.1. The van der Waals surface area contributed by atoms with Crippen molar-refractivity contribution in [3.63, 3.8) is 0 Å². The number of hydrogen-bond donors (Lipinski definition) is 2. The molecule has 0 aliphatic carbocycles. The highest BCUT2D eigenvalue weighted by Gasteiger charge is 2.31. The highest BCUT2D eigenvalue weighted by atomic mass is 16.5. The van der Waals surface area contributed by atoms with Gasteiger partial charge in [0.1, 0.15) is 0 Å². The Bertz CT molecular complexity index is 211. The van der Waals surface area contributed by atoms with Crippen molar-refractivity contribution in [2.24, 2.45) is 11.1 Å². The van der Waals surface area contributed by atoms with E-state index in [4.69, 9.17) is 15.2 Å². The Hall–Kier alpha value is -0.160. The van der Waals surface area contributed by atoms with Crippen LogP contribution in [0.15, 0.2) is 0 Å². The van der Waals surface area contributed by atoms with Gasteiger partial charge < -0.3 is 20.5 Å². The van der Waals surface area contributed by atoms with Crippen molar-refractivity contribution in [1.82, 2.24) is 5.32 Å². The number of nitrogens with one attached hydrogen (secondary N) is 1. The molecule has 0 aromatic carbocycles. The van der Waals surface area contributed by atoms with Crippen LogP contribution in [0.3, 0.4) is 0 Å². The van der Waals surface area contributed by atoms with Gasteiger partial charge in [-0.1, -0.05) is 0 Å². The highest BCUT2D eigenvalue weighted by molar-refractivity contribution is 4.85. The third kappa shape index (κ3) is 3.91. The Kier molecular flexibility index (Phi) is 5.22. The fraction of sp³-hybridized carbons (Fsp3) is 1.00. The number of rotatable bonds is 5. The summed E-state index contributed by atoms with van der Waals surface area (Å²) in [5, 5.41) is 3.56. The van der Waals surface area contributed by atoms with Crippen molar-refractivity contribution in [3.05, 3.63) is 0 Å². The molecule has 0 aromatic heterocycles. The molecule has 0 radical (unpaired) electrons. The summed E-state index contributed by atoms with van der Waals surface area (Å²) in [5.74, 6) is 0. The molecule has 2 rings (SSSR count). The van der Waals surface area contributed by atoms with E-state index in [0.717, 1.165) is 52.3 Å². The fourth-order valence-electron chi connectivity index (χ4n) is 2.72. The zero-order valence-corrected chi connectivity index (χ0v) is 10.7. The maximum atomic E-state index is 5.93. The van der Waals surface area contributed by atoms with Gasteiger partial charge in [-0.05, 0) is 44.1 Å². The molecule has 0 saturated carbocycles. The Balaban J connectivity index is 1.68. The van der Waals surface area contributed by atoms with E-state index >= 15 is 0 Å². The van der Waals surface area contributed by atoms with Crippen LogP contribution in [0.25, 0.3) is 0 Å². The topological polar surface area (TPSA) is 56.5 Å². The first-order valence-electron chi connectivity index (χ1n) is 6.95. The van der Waals surface area contributed by atoms with Crippen molar-refractivity contribution in [2.75, 3.05) is 39.5 Å². The van der Waals surface area contributed by atoms with Crippen LogP contribution in [0.1, 0.15) is 32.1 Å². The van der Waals surface area contributed by atoms with Gasteiger partial charge in [-0.2, -0.15) is 0 Å². The third-order valence-electron chi connectivity index (χ3n) is 4.13. The number of hydrogen-bond acceptors (Lipinski definition) is 4. The summed E-state index contributed by atoms with van der Waals surface area (Å²) < 4.78 is 11.1. The van der Waals surface area contributed by atoms with E-state index in [9.17, 15) is 0 Å². The predicted octanol–water partition coefficient (Wildman–Crippen LogP) is 0.901. The van der Waals surface area contributed by atoms with Crippen LogP contribution < -0.4 is 11.1 Å². The average Bonchev–Trinajstić information content (AvgIpc) is 2.41. The summed E-state index contributed by atoms with van der Waals surface area (Å²) in [5.41, 5.74) is 6.19. The molecule has 0 aromatic rings. The molecule has 0 amide bonds. The molecule has 2 aliphatic rings. The maximum absolute atomic E-state index is 5.93. The van der Waals surface area contributed by atoms with Gasteiger partial charge in [0, 0.05) is 32.9 Å². The molecular weight excluding hydrogens is 216 g/mol. The van der Waals surface area contributed by atoms with Crippen molar-refractivity contribution in [3.8, 4) is 0 Å². The third-order valence-corrected chi connectivity index (χ3v) is 4.13. The van der Waals surface area contributed by atoms with Crippen LogP contribution in [-0.4, -0.2) is 45.6 Å². The van der Waals surface area contributed by atoms with E-state index in [1.54, 1.807) is 0 Å². The Labute approximate surface area is 104 Å². The second kappa shape index (κ2) is 6.69. The van der Waals surface area contributed by atoms with Gasteiger partial charge in [0.05, 0.1) is 6.10 Å². The molecule has 1 atom stereocenters. The molecule has 2 heterocycles. The summed E-state index contributed by atoms with van der Waals surface area (Å²) in [6, 6.07) is 0. The molecule has 100 valence electrons. The Morgan fingerprint density at radius 1 is 1.18 bits per heavy atom. The largest absolute Gasteiger partial charge is 0.381 e. The van der Waals surface area contributed by atoms with Crippen LogP contribution in [0.4, 0.5) is 0 Å². The summed E-state index contributed by atoms with van der Waals surface area (Å²) in [4.78, 5) is 0. The van der Waals surface area contributed by atoms with Gasteiger partial charge in [0.2, 0.25) is 0 Å². The second-order valence-electron chi connectivity index (χ2n) is 5.44.